The number of nitrogens with one attached hydrogen (secondary N) is 1. The lowest BCUT2D eigenvalue weighted by atomic mass is 9.81. The van der Waals surface area contributed by atoms with Gasteiger partial charge in [0.15, 0.2) is 0 Å². The van der Waals surface area contributed by atoms with Crippen LogP contribution in [0.1, 0.15) is 38.7 Å². The summed E-state index contributed by atoms with van der Waals surface area (Å²) in [6.07, 6.45) is 3.13. The number of rotatable bonds is 2. The minimum absolute atomic E-state index is 0.0419. The Kier molecular flexibility index (Phi) is 3.38. The first-order valence-electron chi connectivity index (χ1n) is 6.34. The molecule has 2 rings (SSSR count). The van der Waals surface area contributed by atoms with E-state index in [1.807, 2.05) is 6.07 Å². The Morgan fingerprint density at radius 1 is 1.44 bits per heavy atom. The van der Waals surface area contributed by atoms with E-state index in [0.29, 0.717) is 11.3 Å². The van der Waals surface area contributed by atoms with E-state index in [4.69, 9.17) is 5.26 Å². The molecule has 1 aromatic carbocycles. The van der Waals surface area contributed by atoms with E-state index in [0.717, 1.165) is 19.3 Å². The van der Waals surface area contributed by atoms with Crippen LogP contribution in [0.2, 0.25) is 0 Å². The van der Waals surface area contributed by atoms with Gasteiger partial charge in [-0.2, -0.15) is 5.26 Å². The highest BCUT2D eigenvalue weighted by Crippen LogP contribution is 2.43. The van der Waals surface area contributed by atoms with Gasteiger partial charge in [-0.1, -0.05) is 32.4 Å². The van der Waals surface area contributed by atoms with Crippen molar-refractivity contribution >= 4 is 11.6 Å². The summed E-state index contributed by atoms with van der Waals surface area (Å²) >= 11 is 0. The van der Waals surface area contributed by atoms with Gasteiger partial charge in [0.25, 0.3) is 0 Å². The molecule has 1 saturated carbocycles. The Morgan fingerprint density at radius 2 is 2.17 bits per heavy atom. The highest BCUT2D eigenvalue weighted by Gasteiger charge is 2.39. The van der Waals surface area contributed by atoms with Gasteiger partial charge in [0.05, 0.1) is 11.3 Å². The van der Waals surface area contributed by atoms with Crippen molar-refractivity contribution in [2.45, 2.75) is 33.1 Å². The number of hydrogen-bond donors (Lipinski definition) is 1. The molecular weight excluding hydrogens is 224 g/mol. The van der Waals surface area contributed by atoms with Gasteiger partial charge in [0.2, 0.25) is 5.91 Å². The fraction of sp³-hybridized carbons (Fsp3) is 0.467. The van der Waals surface area contributed by atoms with Crippen LogP contribution in [0, 0.1) is 22.7 Å². The summed E-state index contributed by atoms with van der Waals surface area (Å²) in [6, 6.07) is 9.22. The van der Waals surface area contributed by atoms with Gasteiger partial charge >= 0.3 is 0 Å². The number of nitriles is 1. The minimum atomic E-state index is 0.0419. The fourth-order valence-electron chi connectivity index (χ4n) is 2.72. The van der Waals surface area contributed by atoms with Gasteiger partial charge in [-0.3, -0.25) is 4.79 Å². The Bertz CT molecular complexity index is 499. The molecule has 1 aromatic rings. The lowest BCUT2D eigenvalue weighted by Crippen LogP contribution is -2.31. The zero-order valence-corrected chi connectivity index (χ0v) is 10.9. The van der Waals surface area contributed by atoms with Crippen molar-refractivity contribution < 1.29 is 4.79 Å². The van der Waals surface area contributed by atoms with Crippen LogP contribution < -0.4 is 5.32 Å². The van der Waals surface area contributed by atoms with Crippen molar-refractivity contribution in [2.24, 2.45) is 11.3 Å². The van der Waals surface area contributed by atoms with E-state index in [9.17, 15) is 4.79 Å². The standard InChI is InChI=1S/C15H18N2O/c1-15(2)9-5-7-12(15)14(18)17-13-8-4-3-6-11(13)10-16/h3-4,6,8,12H,5,7,9H2,1-2H3,(H,17,18). The maximum Gasteiger partial charge on any atom is 0.228 e. The third-order valence-electron chi connectivity index (χ3n) is 3.88. The number of carbonyl (C=O) groups excluding carboxylic acids is 1. The maximum atomic E-state index is 12.3. The van der Waals surface area contributed by atoms with Crippen LogP contribution in [0.4, 0.5) is 5.69 Å². The zero-order chi connectivity index (χ0) is 13.2. The third kappa shape index (κ3) is 2.38. The molecule has 0 aliphatic heterocycles. The van der Waals surface area contributed by atoms with Gasteiger partial charge in [0.1, 0.15) is 6.07 Å². The molecule has 3 heteroatoms. The monoisotopic (exact) mass is 242 g/mol. The topological polar surface area (TPSA) is 52.9 Å². The van der Waals surface area contributed by atoms with Crippen LogP contribution in [0.25, 0.3) is 0 Å². The molecule has 0 aromatic heterocycles. The number of amides is 1. The van der Waals surface area contributed by atoms with Gasteiger partial charge in [-0.15, -0.1) is 0 Å². The summed E-state index contributed by atoms with van der Waals surface area (Å²) in [5.74, 6) is 0.0875. The maximum absolute atomic E-state index is 12.3. The SMILES string of the molecule is CC1(C)CCCC1C(=O)Nc1ccccc1C#N. The van der Waals surface area contributed by atoms with Crippen LogP contribution in [0.5, 0.6) is 0 Å². The Labute approximate surface area is 108 Å². The Morgan fingerprint density at radius 3 is 2.78 bits per heavy atom. The lowest BCUT2D eigenvalue weighted by Gasteiger charge is -2.26. The molecule has 1 N–H and O–H groups in total. The number of benzene rings is 1. The smallest absolute Gasteiger partial charge is 0.228 e. The van der Waals surface area contributed by atoms with Crippen LogP contribution in [-0.4, -0.2) is 5.91 Å². The van der Waals surface area contributed by atoms with E-state index < -0.39 is 0 Å². The molecular formula is C15H18N2O. The second kappa shape index (κ2) is 4.81. The molecule has 1 unspecified atom stereocenters. The quantitative estimate of drug-likeness (QED) is 0.864. The first-order chi connectivity index (χ1) is 8.54. The largest absolute Gasteiger partial charge is 0.325 e. The summed E-state index contributed by atoms with van der Waals surface area (Å²) < 4.78 is 0. The summed E-state index contributed by atoms with van der Waals surface area (Å²) in [6.45, 7) is 4.28. The minimum Gasteiger partial charge on any atom is -0.325 e. The number of carbonyl (C=O) groups is 1. The molecule has 1 fully saturated rings. The molecule has 94 valence electrons. The normalized spacial score (nSPS) is 21.3. The Hall–Kier alpha value is -1.82. The summed E-state index contributed by atoms with van der Waals surface area (Å²) in [4.78, 5) is 12.3. The van der Waals surface area contributed by atoms with Gasteiger partial charge in [0, 0.05) is 5.92 Å². The zero-order valence-electron chi connectivity index (χ0n) is 10.9. The average Bonchev–Trinajstić information content (AvgIpc) is 2.69. The molecule has 1 amide bonds. The van der Waals surface area contributed by atoms with Crippen molar-refractivity contribution in [1.29, 1.82) is 5.26 Å². The molecule has 0 bridgehead atoms. The third-order valence-corrected chi connectivity index (χ3v) is 3.88. The van der Waals surface area contributed by atoms with E-state index in [-0.39, 0.29) is 17.2 Å². The molecule has 1 atom stereocenters. The molecule has 3 nitrogen and oxygen atoms in total. The predicted octanol–water partition coefficient (Wildman–Crippen LogP) is 3.32. The van der Waals surface area contributed by atoms with Gasteiger partial charge in [-0.05, 0) is 30.4 Å². The highest BCUT2D eigenvalue weighted by molar-refractivity contribution is 5.94. The predicted molar refractivity (Wildman–Crippen MR) is 70.9 cm³/mol. The second-order valence-electron chi connectivity index (χ2n) is 5.58. The van der Waals surface area contributed by atoms with Crippen molar-refractivity contribution in [1.82, 2.24) is 0 Å². The van der Waals surface area contributed by atoms with Crippen molar-refractivity contribution in [3.8, 4) is 6.07 Å². The summed E-state index contributed by atoms with van der Waals surface area (Å²) in [5.41, 5.74) is 1.19. The fourth-order valence-corrected chi connectivity index (χ4v) is 2.72. The van der Waals surface area contributed by atoms with E-state index >= 15 is 0 Å². The molecule has 0 radical (unpaired) electrons. The van der Waals surface area contributed by atoms with Crippen LogP contribution in [0.15, 0.2) is 24.3 Å². The summed E-state index contributed by atoms with van der Waals surface area (Å²) in [5, 5.41) is 11.9. The van der Waals surface area contributed by atoms with E-state index in [2.05, 4.69) is 25.2 Å². The first-order valence-corrected chi connectivity index (χ1v) is 6.34. The van der Waals surface area contributed by atoms with Crippen molar-refractivity contribution in [3.63, 3.8) is 0 Å². The van der Waals surface area contributed by atoms with Gasteiger partial charge in [-0.25, -0.2) is 0 Å². The van der Waals surface area contributed by atoms with Crippen LogP contribution >= 0.6 is 0 Å². The molecule has 0 saturated heterocycles. The number of para-hydroxylation sites is 1. The van der Waals surface area contributed by atoms with Crippen LogP contribution in [-0.2, 0) is 4.79 Å². The molecule has 1 aliphatic rings. The van der Waals surface area contributed by atoms with Crippen molar-refractivity contribution in [3.05, 3.63) is 29.8 Å². The van der Waals surface area contributed by atoms with Crippen molar-refractivity contribution in [2.75, 3.05) is 5.32 Å². The first kappa shape index (κ1) is 12.6. The number of anilines is 1. The Balaban J connectivity index is 2.15. The van der Waals surface area contributed by atoms with E-state index in [1.165, 1.54) is 0 Å². The molecule has 18 heavy (non-hydrogen) atoms. The van der Waals surface area contributed by atoms with Crippen LogP contribution in [0.3, 0.4) is 0 Å². The summed E-state index contributed by atoms with van der Waals surface area (Å²) in [7, 11) is 0. The molecule has 0 heterocycles. The molecule has 1 aliphatic carbocycles. The van der Waals surface area contributed by atoms with E-state index in [1.54, 1.807) is 18.2 Å². The number of nitrogens with zero attached hydrogens (tertiary/aromatic N) is 1. The highest BCUT2D eigenvalue weighted by atomic mass is 16.1. The lowest BCUT2D eigenvalue weighted by molar-refractivity contribution is -0.122. The average molecular weight is 242 g/mol. The second-order valence-corrected chi connectivity index (χ2v) is 5.58. The van der Waals surface area contributed by atoms with Gasteiger partial charge < -0.3 is 5.32 Å². The molecule has 0 spiro atoms. The number of hydrogen-bond acceptors (Lipinski definition) is 2.